The average Bonchev–Trinajstić information content (AvgIpc) is 3.12. The number of aromatic nitrogens is 3. The van der Waals surface area contributed by atoms with Gasteiger partial charge in [0, 0.05) is 26.0 Å². The third-order valence-corrected chi connectivity index (χ3v) is 5.22. The van der Waals surface area contributed by atoms with E-state index in [1.165, 1.54) is 5.57 Å². The standard InChI is InChI=1S/C21H25N5S/c1-15(2)7-6-12-26(4)21-23-14-18(27-21)17-8-5-9-19(24-17)25-20-13-16(3)10-11-22-20/h5,8-11,13-14H,1,6-7,12H2,2-4H3,(H,22,24,25). The minimum atomic E-state index is 0.773. The van der Waals surface area contributed by atoms with E-state index in [0.717, 1.165) is 52.3 Å². The fourth-order valence-electron chi connectivity index (χ4n) is 2.65. The number of thiazole rings is 1. The average molecular weight is 380 g/mol. The molecule has 1 N–H and O–H groups in total. The molecule has 0 bridgehead atoms. The Labute approximate surface area is 164 Å². The largest absolute Gasteiger partial charge is 0.351 e. The summed E-state index contributed by atoms with van der Waals surface area (Å²) in [5.41, 5.74) is 3.29. The highest BCUT2D eigenvalue weighted by Crippen LogP contribution is 2.30. The second-order valence-electron chi connectivity index (χ2n) is 6.74. The number of anilines is 3. The zero-order valence-electron chi connectivity index (χ0n) is 16.1. The first-order valence-electron chi connectivity index (χ1n) is 9.00. The molecular weight excluding hydrogens is 354 g/mol. The van der Waals surface area contributed by atoms with E-state index in [1.807, 2.05) is 43.5 Å². The van der Waals surface area contributed by atoms with Crippen LogP contribution < -0.4 is 10.2 Å². The minimum Gasteiger partial charge on any atom is -0.351 e. The summed E-state index contributed by atoms with van der Waals surface area (Å²) in [7, 11) is 2.08. The molecule has 5 nitrogen and oxygen atoms in total. The molecule has 3 aromatic rings. The fraction of sp³-hybridized carbons (Fsp3) is 0.286. The van der Waals surface area contributed by atoms with Gasteiger partial charge in [-0.15, -0.1) is 6.58 Å². The third-order valence-electron chi connectivity index (χ3n) is 4.09. The van der Waals surface area contributed by atoms with E-state index in [4.69, 9.17) is 4.98 Å². The van der Waals surface area contributed by atoms with Crippen LogP contribution in [0.3, 0.4) is 0 Å². The van der Waals surface area contributed by atoms with Crippen molar-refractivity contribution in [3.05, 3.63) is 60.4 Å². The first-order chi connectivity index (χ1) is 13.0. The molecule has 0 aliphatic carbocycles. The second kappa shape index (κ2) is 8.77. The number of nitrogens with one attached hydrogen (secondary N) is 1. The highest BCUT2D eigenvalue weighted by Gasteiger charge is 2.10. The molecule has 0 saturated heterocycles. The molecule has 3 rings (SSSR count). The van der Waals surface area contributed by atoms with Crippen molar-refractivity contribution in [1.29, 1.82) is 0 Å². The number of hydrogen-bond donors (Lipinski definition) is 1. The van der Waals surface area contributed by atoms with Crippen LogP contribution in [0.1, 0.15) is 25.3 Å². The molecule has 3 heterocycles. The summed E-state index contributed by atoms with van der Waals surface area (Å²) >= 11 is 1.66. The van der Waals surface area contributed by atoms with Crippen LogP contribution in [-0.2, 0) is 0 Å². The van der Waals surface area contributed by atoms with Crippen LogP contribution in [-0.4, -0.2) is 28.5 Å². The van der Waals surface area contributed by atoms with Crippen molar-refractivity contribution < 1.29 is 0 Å². The van der Waals surface area contributed by atoms with Crippen LogP contribution in [0.4, 0.5) is 16.8 Å². The first-order valence-corrected chi connectivity index (χ1v) is 9.81. The van der Waals surface area contributed by atoms with Gasteiger partial charge in [-0.05, 0) is 56.5 Å². The smallest absolute Gasteiger partial charge is 0.185 e. The molecule has 0 spiro atoms. The highest BCUT2D eigenvalue weighted by molar-refractivity contribution is 7.18. The molecule has 3 aromatic heterocycles. The van der Waals surface area contributed by atoms with Crippen molar-refractivity contribution in [3.8, 4) is 10.6 Å². The van der Waals surface area contributed by atoms with E-state index in [0.29, 0.717) is 0 Å². The summed E-state index contributed by atoms with van der Waals surface area (Å²) in [4.78, 5) is 16.9. The van der Waals surface area contributed by atoms with E-state index >= 15 is 0 Å². The Morgan fingerprint density at radius 1 is 1.22 bits per heavy atom. The highest BCUT2D eigenvalue weighted by atomic mass is 32.1. The lowest BCUT2D eigenvalue weighted by Crippen LogP contribution is -2.18. The SMILES string of the molecule is C=C(C)CCCN(C)c1ncc(-c2cccc(Nc3cc(C)ccn3)n2)s1. The molecule has 0 atom stereocenters. The molecule has 0 aliphatic heterocycles. The molecule has 0 amide bonds. The number of pyridine rings is 2. The Morgan fingerprint density at radius 3 is 2.85 bits per heavy atom. The van der Waals surface area contributed by atoms with Crippen molar-refractivity contribution in [2.24, 2.45) is 0 Å². The third kappa shape index (κ3) is 5.37. The Kier molecular flexibility index (Phi) is 6.19. The summed E-state index contributed by atoms with van der Waals surface area (Å²) in [5.74, 6) is 1.57. The summed E-state index contributed by atoms with van der Waals surface area (Å²) in [6.45, 7) is 9.04. The van der Waals surface area contributed by atoms with Gasteiger partial charge in [0.1, 0.15) is 11.6 Å². The summed E-state index contributed by atoms with van der Waals surface area (Å²) < 4.78 is 0. The lowest BCUT2D eigenvalue weighted by molar-refractivity contribution is 0.779. The molecule has 0 unspecified atom stereocenters. The van der Waals surface area contributed by atoms with E-state index in [1.54, 1.807) is 17.5 Å². The van der Waals surface area contributed by atoms with Gasteiger partial charge < -0.3 is 10.2 Å². The Bertz CT molecular complexity index is 918. The Hall–Kier alpha value is -2.73. The summed E-state index contributed by atoms with van der Waals surface area (Å²) in [5, 5.41) is 4.27. The summed E-state index contributed by atoms with van der Waals surface area (Å²) in [6, 6.07) is 9.92. The van der Waals surface area contributed by atoms with Crippen molar-refractivity contribution in [2.45, 2.75) is 26.7 Å². The molecule has 0 fully saturated rings. The van der Waals surface area contributed by atoms with Gasteiger partial charge in [0.05, 0.1) is 10.6 Å². The van der Waals surface area contributed by atoms with Gasteiger partial charge in [0.15, 0.2) is 5.13 Å². The molecule has 0 saturated carbocycles. The maximum Gasteiger partial charge on any atom is 0.185 e. The van der Waals surface area contributed by atoms with Crippen LogP contribution in [0.15, 0.2) is 54.9 Å². The monoisotopic (exact) mass is 379 g/mol. The predicted octanol–water partition coefficient (Wildman–Crippen LogP) is 5.44. The van der Waals surface area contributed by atoms with E-state index in [-0.39, 0.29) is 0 Å². The number of nitrogens with zero attached hydrogens (tertiary/aromatic N) is 4. The van der Waals surface area contributed by atoms with Crippen LogP contribution >= 0.6 is 11.3 Å². The Balaban J connectivity index is 1.70. The van der Waals surface area contributed by atoms with Crippen molar-refractivity contribution >= 4 is 28.1 Å². The predicted molar refractivity (Wildman–Crippen MR) is 115 cm³/mol. The quantitative estimate of drug-likeness (QED) is 0.528. The van der Waals surface area contributed by atoms with Crippen LogP contribution in [0, 0.1) is 6.92 Å². The molecule has 6 heteroatoms. The van der Waals surface area contributed by atoms with Crippen LogP contribution in [0.2, 0.25) is 0 Å². The number of allylic oxidation sites excluding steroid dienone is 1. The van der Waals surface area contributed by atoms with Gasteiger partial charge in [-0.3, -0.25) is 0 Å². The van der Waals surface area contributed by atoms with E-state index < -0.39 is 0 Å². The lowest BCUT2D eigenvalue weighted by atomic mass is 10.2. The van der Waals surface area contributed by atoms with Gasteiger partial charge >= 0.3 is 0 Å². The molecular formula is C21H25N5S. The molecule has 0 aliphatic rings. The maximum atomic E-state index is 4.72. The van der Waals surface area contributed by atoms with Gasteiger partial charge in [-0.1, -0.05) is 23.0 Å². The second-order valence-corrected chi connectivity index (χ2v) is 7.75. The number of hydrogen-bond acceptors (Lipinski definition) is 6. The van der Waals surface area contributed by atoms with Gasteiger partial charge in [0.25, 0.3) is 0 Å². The van der Waals surface area contributed by atoms with Crippen LogP contribution in [0.5, 0.6) is 0 Å². The number of aryl methyl sites for hydroxylation is 1. The van der Waals surface area contributed by atoms with Crippen molar-refractivity contribution in [1.82, 2.24) is 15.0 Å². The van der Waals surface area contributed by atoms with Crippen LogP contribution in [0.25, 0.3) is 10.6 Å². The topological polar surface area (TPSA) is 53.9 Å². The molecule has 140 valence electrons. The van der Waals surface area contributed by atoms with Crippen molar-refractivity contribution in [2.75, 3.05) is 23.8 Å². The normalized spacial score (nSPS) is 10.6. The molecule has 0 radical (unpaired) electrons. The van der Waals surface area contributed by atoms with E-state index in [2.05, 4.69) is 40.7 Å². The zero-order chi connectivity index (χ0) is 19.2. The van der Waals surface area contributed by atoms with Gasteiger partial charge in [-0.2, -0.15) is 0 Å². The van der Waals surface area contributed by atoms with Crippen molar-refractivity contribution in [3.63, 3.8) is 0 Å². The minimum absolute atomic E-state index is 0.773. The fourth-order valence-corrected chi connectivity index (χ4v) is 3.52. The summed E-state index contributed by atoms with van der Waals surface area (Å²) in [6.07, 6.45) is 5.82. The van der Waals surface area contributed by atoms with Gasteiger partial charge in [0.2, 0.25) is 0 Å². The van der Waals surface area contributed by atoms with E-state index in [9.17, 15) is 0 Å². The van der Waals surface area contributed by atoms with Gasteiger partial charge in [-0.25, -0.2) is 15.0 Å². The lowest BCUT2D eigenvalue weighted by Gasteiger charge is -2.15. The Morgan fingerprint density at radius 2 is 2.07 bits per heavy atom. The molecule has 0 aromatic carbocycles. The number of rotatable bonds is 8. The first kappa shape index (κ1) is 19.0. The maximum absolute atomic E-state index is 4.72. The zero-order valence-corrected chi connectivity index (χ0v) is 16.9. The molecule has 27 heavy (non-hydrogen) atoms.